The van der Waals surface area contributed by atoms with Crippen molar-refractivity contribution in [2.24, 2.45) is 11.3 Å². The van der Waals surface area contributed by atoms with Crippen molar-refractivity contribution in [2.75, 3.05) is 11.9 Å². The van der Waals surface area contributed by atoms with Gasteiger partial charge < -0.3 is 10.6 Å². The Kier molecular flexibility index (Phi) is 3.82. The van der Waals surface area contributed by atoms with Crippen molar-refractivity contribution in [1.82, 2.24) is 15.1 Å². The maximum absolute atomic E-state index is 12.2. The average Bonchev–Trinajstić information content (AvgIpc) is 3.51. The minimum absolute atomic E-state index is 0.277. The zero-order valence-corrected chi connectivity index (χ0v) is 14.3. The molecule has 130 valence electrons. The number of aryl methyl sites for hydroxylation is 1. The van der Waals surface area contributed by atoms with Crippen LogP contribution in [0, 0.1) is 18.3 Å². The Hall–Kier alpha value is -2.63. The van der Waals surface area contributed by atoms with Gasteiger partial charge in [-0.05, 0) is 55.6 Å². The number of aromatic nitrogens is 2. The first kappa shape index (κ1) is 15.9. The molecule has 4 rings (SSSR count). The van der Waals surface area contributed by atoms with Crippen molar-refractivity contribution in [3.8, 4) is 5.69 Å². The SMILES string of the molecule is Cc1ccccc1-n1nccc1NC(=O)C(=O)NCC1(C2CC2)CC1. The van der Waals surface area contributed by atoms with Gasteiger partial charge in [-0.1, -0.05) is 18.2 Å². The molecule has 25 heavy (non-hydrogen) atoms. The highest BCUT2D eigenvalue weighted by Crippen LogP contribution is 2.60. The summed E-state index contributed by atoms with van der Waals surface area (Å²) in [5.74, 6) is 0.00233. The Morgan fingerprint density at radius 1 is 1.20 bits per heavy atom. The Bertz CT molecular complexity index is 818. The van der Waals surface area contributed by atoms with Crippen LogP contribution < -0.4 is 10.6 Å². The Balaban J connectivity index is 1.40. The summed E-state index contributed by atoms with van der Waals surface area (Å²) in [7, 11) is 0. The van der Waals surface area contributed by atoms with Crippen molar-refractivity contribution in [3.63, 3.8) is 0 Å². The molecule has 2 aliphatic carbocycles. The van der Waals surface area contributed by atoms with Gasteiger partial charge in [-0.2, -0.15) is 5.10 Å². The smallest absolute Gasteiger partial charge is 0.314 e. The van der Waals surface area contributed by atoms with Gasteiger partial charge in [0.2, 0.25) is 0 Å². The average molecular weight is 338 g/mol. The van der Waals surface area contributed by atoms with Crippen LogP contribution in [0.15, 0.2) is 36.5 Å². The summed E-state index contributed by atoms with van der Waals surface area (Å²) in [6.07, 6.45) is 6.46. The lowest BCUT2D eigenvalue weighted by molar-refractivity contribution is -0.136. The summed E-state index contributed by atoms with van der Waals surface area (Å²) < 4.78 is 1.63. The zero-order valence-electron chi connectivity index (χ0n) is 14.3. The third kappa shape index (κ3) is 3.16. The number of amides is 2. The van der Waals surface area contributed by atoms with Gasteiger partial charge >= 0.3 is 11.8 Å². The van der Waals surface area contributed by atoms with E-state index >= 15 is 0 Å². The first-order chi connectivity index (χ1) is 12.1. The summed E-state index contributed by atoms with van der Waals surface area (Å²) in [6, 6.07) is 9.44. The first-order valence-electron chi connectivity index (χ1n) is 8.78. The molecular weight excluding hydrogens is 316 g/mol. The Morgan fingerprint density at radius 3 is 2.64 bits per heavy atom. The molecule has 2 amide bonds. The van der Waals surface area contributed by atoms with Crippen molar-refractivity contribution < 1.29 is 9.59 Å². The molecule has 2 saturated carbocycles. The number of benzene rings is 1. The Labute approximate surface area is 146 Å². The van der Waals surface area contributed by atoms with Gasteiger partial charge in [0, 0.05) is 12.6 Å². The van der Waals surface area contributed by atoms with E-state index in [-0.39, 0.29) is 5.41 Å². The summed E-state index contributed by atoms with van der Waals surface area (Å²) >= 11 is 0. The second kappa shape index (κ2) is 6.02. The lowest BCUT2D eigenvalue weighted by Crippen LogP contribution is -2.39. The highest BCUT2D eigenvalue weighted by molar-refractivity contribution is 6.39. The molecule has 0 radical (unpaired) electrons. The maximum Gasteiger partial charge on any atom is 0.314 e. The van der Waals surface area contributed by atoms with Gasteiger partial charge in [-0.3, -0.25) is 9.59 Å². The molecule has 1 aromatic heterocycles. The standard InChI is InChI=1S/C19H22N4O2/c1-13-4-2-3-5-15(13)23-16(8-11-21-23)22-18(25)17(24)20-12-19(9-10-19)14-6-7-14/h2-5,8,11,14H,6-7,9-10,12H2,1H3,(H,20,24)(H,22,25). The van der Waals surface area contributed by atoms with Crippen LogP contribution in [0.3, 0.4) is 0 Å². The molecule has 0 atom stereocenters. The second-order valence-electron chi connectivity index (χ2n) is 7.19. The molecule has 2 aromatic rings. The fourth-order valence-corrected chi connectivity index (χ4v) is 3.49. The van der Waals surface area contributed by atoms with Crippen LogP contribution >= 0.6 is 0 Å². The summed E-state index contributed by atoms with van der Waals surface area (Å²) in [5, 5.41) is 9.73. The molecule has 1 heterocycles. The van der Waals surface area contributed by atoms with Gasteiger partial charge in [-0.25, -0.2) is 4.68 Å². The molecule has 2 fully saturated rings. The van der Waals surface area contributed by atoms with Crippen LogP contribution in [0.2, 0.25) is 0 Å². The van der Waals surface area contributed by atoms with Gasteiger partial charge in [0.05, 0.1) is 11.9 Å². The van der Waals surface area contributed by atoms with E-state index in [0.29, 0.717) is 12.4 Å². The van der Waals surface area contributed by atoms with E-state index in [1.165, 1.54) is 25.7 Å². The van der Waals surface area contributed by atoms with Crippen LogP contribution in [0.1, 0.15) is 31.2 Å². The number of nitrogens with one attached hydrogen (secondary N) is 2. The lowest BCUT2D eigenvalue weighted by atomic mass is 10.0. The summed E-state index contributed by atoms with van der Waals surface area (Å²) in [4.78, 5) is 24.4. The third-order valence-corrected chi connectivity index (χ3v) is 5.37. The van der Waals surface area contributed by atoms with Crippen molar-refractivity contribution in [2.45, 2.75) is 32.6 Å². The normalized spacial score (nSPS) is 17.8. The van der Waals surface area contributed by atoms with Crippen molar-refractivity contribution in [1.29, 1.82) is 0 Å². The minimum atomic E-state index is -0.651. The van der Waals surface area contributed by atoms with Crippen molar-refractivity contribution >= 4 is 17.6 Å². The zero-order chi connectivity index (χ0) is 17.4. The molecule has 6 heteroatoms. The number of anilines is 1. The number of carbonyl (C=O) groups excluding carboxylic acids is 2. The molecule has 0 spiro atoms. The van der Waals surface area contributed by atoms with E-state index in [0.717, 1.165) is 17.2 Å². The van der Waals surface area contributed by atoms with Crippen molar-refractivity contribution in [3.05, 3.63) is 42.1 Å². The maximum atomic E-state index is 12.2. The molecular formula is C19H22N4O2. The predicted molar refractivity (Wildman–Crippen MR) is 94.3 cm³/mol. The number of carbonyl (C=O) groups is 2. The summed E-state index contributed by atoms with van der Waals surface area (Å²) in [6.45, 7) is 2.59. The number of nitrogens with zero attached hydrogens (tertiary/aromatic N) is 2. The van der Waals surface area contributed by atoms with Gasteiger partial charge in [0.25, 0.3) is 0 Å². The van der Waals surface area contributed by atoms with E-state index in [4.69, 9.17) is 0 Å². The third-order valence-electron chi connectivity index (χ3n) is 5.37. The first-order valence-corrected chi connectivity index (χ1v) is 8.78. The highest BCUT2D eigenvalue weighted by Gasteiger charge is 2.53. The fourth-order valence-electron chi connectivity index (χ4n) is 3.49. The number of hydrogen-bond acceptors (Lipinski definition) is 3. The lowest BCUT2D eigenvalue weighted by Gasteiger charge is -2.15. The Morgan fingerprint density at radius 2 is 1.96 bits per heavy atom. The van der Waals surface area contributed by atoms with E-state index < -0.39 is 11.8 Å². The monoisotopic (exact) mass is 338 g/mol. The van der Waals surface area contributed by atoms with E-state index in [2.05, 4.69) is 15.7 Å². The largest absolute Gasteiger partial charge is 0.347 e. The fraction of sp³-hybridized carbons (Fsp3) is 0.421. The molecule has 2 N–H and O–H groups in total. The quantitative estimate of drug-likeness (QED) is 0.822. The summed E-state index contributed by atoms with van der Waals surface area (Å²) in [5.41, 5.74) is 2.18. The highest BCUT2D eigenvalue weighted by atomic mass is 16.2. The molecule has 2 aliphatic rings. The topological polar surface area (TPSA) is 76.0 Å². The minimum Gasteiger partial charge on any atom is -0.347 e. The van der Waals surface area contributed by atoms with Crippen LogP contribution in [-0.4, -0.2) is 28.1 Å². The van der Waals surface area contributed by atoms with Gasteiger partial charge in [0.1, 0.15) is 5.82 Å². The number of hydrogen-bond donors (Lipinski definition) is 2. The van der Waals surface area contributed by atoms with Crippen LogP contribution in [-0.2, 0) is 9.59 Å². The second-order valence-corrected chi connectivity index (χ2v) is 7.19. The molecule has 0 aliphatic heterocycles. The van der Waals surface area contributed by atoms with E-state index in [9.17, 15) is 9.59 Å². The number of rotatable bonds is 5. The molecule has 6 nitrogen and oxygen atoms in total. The predicted octanol–water partition coefficient (Wildman–Crippen LogP) is 2.43. The van der Waals surface area contributed by atoms with Crippen LogP contribution in [0.4, 0.5) is 5.82 Å². The molecule has 0 unspecified atom stereocenters. The molecule has 1 aromatic carbocycles. The van der Waals surface area contributed by atoms with Gasteiger partial charge in [0.15, 0.2) is 0 Å². The van der Waals surface area contributed by atoms with Crippen LogP contribution in [0.5, 0.6) is 0 Å². The van der Waals surface area contributed by atoms with Gasteiger partial charge in [-0.15, -0.1) is 0 Å². The van der Waals surface area contributed by atoms with E-state index in [1.807, 2.05) is 31.2 Å². The van der Waals surface area contributed by atoms with Crippen LogP contribution in [0.25, 0.3) is 5.69 Å². The molecule has 0 bridgehead atoms. The molecule has 0 saturated heterocycles. The number of para-hydroxylation sites is 1. The van der Waals surface area contributed by atoms with E-state index in [1.54, 1.807) is 16.9 Å².